The molecule has 0 radical (unpaired) electrons. The molecule has 5 atom stereocenters. The van der Waals surface area contributed by atoms with Crippen molar-refractivity contribution in [1.82, 2.24) is 0 Å². The molecule has 7 nitrogen and oxygen atoms in total. The highest BCUT2D eigenvalue weighted by Gasteiger charge is 2.57. The van der Waals surface area contributed by atoms with Crippen LogP contribution in [0.3, 0.4) is 0 Å². The first-order valence-corrected chi connectivity index (χ1v) is 23.5. The van der Waals surface area contributed by atoms with E-state index in [1.807, 2.05) is 32.9 Å². The molecular formula is C38H74O7Si2. The number of ketones is 1. The minimum absolute atomic E-state index is 0.00847. The Hall–Kier alpha value is -0.656. The van der Waals surface area contributed by atoms with Gasteiger partial charge in [0.2, 0.25) is 5.79 Å². The molecule has 0 aromatic rings. The summed E-state index contributed by atoms with van der Waals surface area (Å²) >= 11 is 0. The zero-order valence-corrected chi connectivity index (χ0v) is 35.4. The molecule has 47 heavy (non-hydrogen) atoms. The maximum absolute atomic E-state index is 12.7. The molecule has 0 aliphatic carbocycles. The Morgan fingerprint density at radius 3 is 1.62 bits per heavy atom. The van der Waals surface area contributed by atoms with E-state index in [0.717, 1.165) is 32.1 Å². The highest BCUT2D eigenvalue weighted by molar-refractivity contribution is 6.74. The Kier molecular flexibility index (Phi) is 15.2. The van der Waals surface area contributed by atoms with Crippen LogP contribution in [0.1, 0.15) is 115 Å². The lowest BCUT2D eigenvalue weighted by Gasteiger charge is -2.52. The third kappa shape index (κ3) is 10.4. The van der Waals surface area contributed by atoms with Gasteiger partial charge in [0.25, 0.3) is 0 Å². The van der Waals surface area contributed by atoms with Gasteiger partial charge in [-0.05, 0) is 75.3 Å². The summed E-state index contributed by atoms with van der Waals surface area (Å²) in [7, 11) is -2.18. The van der Waals surface area contributed by atoms with E-state index in [2.05, 4.69) is 94.7 Å². The number of aliphatic hydroxyl groups is 1. The van der Waals surface area contributed by atoms with Gasteiger partial charge in [-0.25, -0.2) is 0 Å². The summed E-state index contributed by atoms with van der Waals surface area (Å²) in [6.07, 6.45) is 7.80. The van der Waals surface area contributed by atoms with Gasteiger partial charge in [-0.1, -0.05) is 81.4 Å². The fourth-order valence-corrected chi connectivity index (χ4v) is 7.91. The summed E-state index contributed by atoms with van der Waals surface area (Å²) in [4.78, 5) is 12.7. The Balaban J connectivity index is 0.000000470. The molecule has 0 aromatic carbocycles. The molecule has 2 aliphatic rings. The van der Waals surface area contributed by atoms with Gasteiger partial charge in [0, 0.05) is 37.6 Å². The number of hydrogen-bond donors (Lipinski definition) is 1. The third-order valence-electron chi connectivity index (χ3n) is 11.8. The number of Topliss-reactive ketones (excluding diaryl/α,β-unsaturated/α-hetero) is 1. The Morgan fingerprint density at radius 2 is 1.21 bits per heavy atom. The first-order valence-electron chi connectivity index (χ1n) is 17.7. The molecule has 276 valence electrons. The number of rotatable bonds is 13. The molecule has 1 unspecified atom stereocenters. The van der Waals surface area contributed by atoms with E-state index < -0.39 is 39.5 Å². The van der Waals surface area contributed by atoms with Crippen molar-refractivity contribution in [2.75, 3.05) is 20.3 Å². The van der Waals surface area contributed by atoms with Gasteiger partial charge in [0.15, 0.2) is 22.4 Å². The first kappa shape index (κ1) is 44.4. The van der Waals surface area contributed by atoms with Crippen molar-refractivity contribution in [3.63, 3.8) is 0 Å². The highest BCUT2D eigenvalue weighted by Crippen LogP contribution is 2.46. The number of aliphatic hydroxyl groups excluding tert-OH is 1. The van der Waals surface area contributed by atoms with Crippen LogP contribution in [-0.2, 0) is 27.9 Å². The maximum Gasteiger partial charge on any atom is 0.236 e. The second kappa shape index (κ2) is 16.1. The number of carbonyl (C=O) groups is 1. The predicted octanol–water partition coefficient (Wildman–Crippen LogP) is 9.61. The van der Waals surface area contributed by atoms with Gasteiger partial charge >= 0.3 is 0 Å². The van der Waals surface area contributed by atoms with Crippen molar-refractivity contribution in [3.05, 3.63) is 25.3 Å². The van der Waals surface area contributed by atoms with Crippen LogP contribution in [0.25, 0.3) is 0 Å². The SMILES string of the molecule is C=CC[C@@H]1CCC(=O)[C@](OC)(C(C)(C)CO[Si](C)(C)C(C)(C)C)O1.C=CC[C@@H]1CCC(O)[C@](C)(C(C)(C)CO[Si](C)(C)C(C)(C)C)O1. The average molecular weight is 699 g/mol. The molecular weight excluding hydrogens is 625 g/mol. The molecule has 2 heterocycles. The van der Waals surface area contributed by atoms with Gasteiger partial charge < -0.3 is 28.2 Å². The molecule has 2 aliphatic heterocycles. The Bertz CT molecular complexity index is 1040. The van der Waals surface area contributed by atoms with Crippen molar-refractivity contribution < 1.29 is 33.0 Å². The maximum atomic E-state index is 12.7. The van der Waals surface area contributed by atoms with Gasteiger partial charge in [-0.3, -0.25) is 4.79 Å². The summed E-state index contributed by atoms with van der Waals surface area (Å²) < 4.78 is 31.1. The van der Waals surface area contributed by atoms with Crippen molar-refractivity contribution in [2.24, 2.45) is 10.8 Å². The largest absolute Gasteiger partial charge is 0.416 e. The molecule has 9 heteroatoms. The van der Waals surface area contributed by atoms with E-state index in [-0.39, 0.29) is 33.5 Å². The highest BCUT2D eigenvalue weighted by atomic mass is 28.4. The molecule has 1 N–H and O–H groups in total. The fourth-order valence-electron chi connectivity index (χ4n) is 5.60. The normalized spacial score (nSPS) is 28.4. The van der Waals surface area contributed by atoms with E-state index in [1.165, 1.54) is 0 Å². The van der Waals surface area contributed by atoms with E-state index in [0.29, 0.717) is 19.6 Å². The summed E-state index contributed by atoms with van der Waals surface area (Å²) in [5.74, 6) is -1.24. The Labute approximate surface area is 291 Å². The zero-order valence-electron chi connectivity index (χ0n) is 33.4. The number of methoxy groups -OCH3 is 1. The summed E-state index contributed by atoms with van der Waals surface area (Å²) in [6.45, 7) is 41.3. The quantitative estimate of drug-likeness (QED) is 0.152. The first-order chi connectivity index (χ1) is 21.1. The van der Waals surface area contributed by atoms with Crippen LogP contribution in [0, 0.1) is 10.8 Å². The third-order valence-corrected chi connectivity index (χ3v) is 20.7. The van der Waals surface area contributed by atoms with Crippen LogP contribution in [0.2, 0.25) is 36.3 Å². The smallest absolute Gasteiger partial charge is 0.236 e. The zero-order chi connectivity index (χ0) is 36.9. The van der Waals surface area contributed by atoms with Crippen LogP contribution < -0.4 is 0 Å². The average Bonchev–Trinajstić information content (AvgIpc) is 2.93. The van der Waals surface area contributed by atoms with E-state index in [9.17, 15) is 9.90 Å². The van der Waals surface area contributed by atoms with E-state index in [1.54, 1.807) is 7.11 Å². The molecule has 0 amide bonds. The fraction of sp³-hybridized carbons (Fsp3) is 0.868. The predicted molar refractivity (Wildman–Crippen MR) is 201 cm³/mol. The van der Waals surface area contributed by atoms with Gasteiger partial charge in [-0.15, -0.1) is 13.2 Å². The van der Waals surface area contributed by atoms with Crippen molar-refractivity contribution in [2.45, 2.75) is 181 Å². The van der Waals surface area contributed by atoms with E-state index >= 15 is 0 Å². The van der Waals surface area contributed by atoms with Gasteiger partial charge in [-0.2, -0.15) is 0 Å². The molecule has 0 aromatic heterocycles. The van der Waals surface area contributed by atoms with Crippen LogP contribution in [0.15, 0.2) is 25.3 Å². The standard InChI is InChI=1S/C19H36O4Si.C19H38O3Si/c1-10-11-15-12-13-16(20)19(21-7,23-15)18(5,6)14-22-24(8,9)17(2,3)4;1-10-11-15-12-13-16(20)19(7,22-15)18(5,6)14-21-23(8,9)17(2,3)4/h10,15H,1,11-14H2,2-9H3;10,15-16,20H,1,11-14H2,2-9H3/t15-,19-;15-,16?,19-/m11/s1. The second-order valence-electron chi connectivity index (χ2n) is 18.4. The van der Waals surface area contributed by atoms with Crippen molar-refractivity contribution in [3.8, 4) is 0 Å². The van der Waals surface area contributed by atoms with E-state index in [4.69, 9.17) is 23.1 Å². The number of hydrogen-bond acceptors (Lipinski definition) is 7. The van der Waals surface area contributed by atoms with Gasteiger partial charge in [0.1, 0.15) is 0 Å². The molecule has 2 fully saturated rings. The monoisotopic (exact) mass is 698 g/mol. The molecule has 0 spiro atoms. The van der Waals surface area contributed by atoms with Crippen LogP contribution in [0.5, 0.6) is 0 Å². The molecule has 2 rings (SSSR count). The molecule has 0 saturated carbocycles. The van der Waals surface area contributed by atoms with Crippen LogP contribution in [0.4, 0.5) is 0 Å². The minimum Gasteiger partial charge on any atom is -0.416 e. The minimum atomic E-state index is -1.92. The lowest BCUT2D eigenvalue weighted by Crippen LogP contribution is -2.61. The van der Waals surface area contributed by atoms with Crippen LogP contribution >= 0.6 is 0 Å². The van der Waals surface area contributed by atoms with Crippen LogP contribution in [-0.4, -0.2) is 77.5 Å². The number of carbonyl (C=O) groups excluding carboxylic acids is 1. The topological polar surface area (TPSA) is 83.5 Å². The van der Waals surface area contributed by atoms with Crippen molar-refractivity contribution >= 4 is 22.4 Å². The van der Waals surface area contributed by atoms with Crippen molar-refractivity contribution in [1.29, 1.82) is 0 Å². The summed E-state index contributed by atoms with van der Waals surface area (Å²) in [6, 6.07) is 0. The second-order valence-corrected chi connectivity index (χ2v) is 28.0. The summed E-state index contributed by atoms with van der Waals surface area (Å²) in [5.41, 5.74) is -1.43. The van der Waals surface area contributed by atoms with Gasteiger partial charge in [0.05, 0.1) is 23.9 Å². The summed E-state index contributed by atoms with van der Waals surface area (Å²) in [5, 5.41) is 10.9. The Morgan fingerprint density at radius 1 is 0.787 bits per heavy atom. The molecule has 0 bridgehead atoms. The lowest BCUT2D eigenvalue weighted by molar-refractivity contribution is -0.294. The lowest BCUT2D eigenvalue weighted by atomic mass is 9.70. The molecule has 2 saturated heterocycles. The number of ether oxygens (including phenoxy) is 3.